The number of rotatable bonds is 3. The highest BCUT2D eigenvalue weighted by Crippen LogP contribution is 2.26. The maximum absolute atomic E-state index is 12.6. The lowest BCUT2D eigenvalue weighted by Gasteiger charge is -2.10. The summed E-state index contributed by atoms with van der Waals surface area (Å²) < 4.78 is 33.6. The first kappa shape index (κ1) is 24.4. The molecule has 3 aromatic rings. The average molecular weight is 485 g/mol. The minimum atomic E-state index is -5.08. The predicted molar refractivity (Wildman–Crippen MR) is 114 cm³/mol. The fourth-order valence-electron chi connectivity index (χ4n) is 3.31. The van der Waals surface area contributed by atoms with Crippen LogP contribution in [0.1, 0.15) is 34.2 Å². The van der Waals surface area contributed by atoms with Crippen molar-refractivity contribution in [3.8, 4) is 0 Å². The number of benzene rings is 1. The first-order valence-corrected chi connectivity index (χ1v) is 10.2. The third kappa shape index (κ3) is 5.57. The number of nitrogens with one attached hydrogen (secondary N) is 2. The van der Waals surface area contributed by atoms with Crippen molar-refractivity contribution < 1.29 is 27.9 Å². The van der Waals surface area contributed by atoms with Crippen LogP contribution in [0, 0.1) is 13.8 Å². The lowest BCUT2D eigenvalue weighted by Crippen LogP contribution is -2.21. The minimum Gasteiger partial charge on any atom is -0.475 e. The maximum atomic E-state index is 12.6. The van der Waals surface area contributed by atoms with E-state index >= 15 is 0 Å². The van der Waals surface area contributed by atoms with Crippen LogP contribution in [-0.2, 0) is 4.79 Å². The third-order valence-electron chi connectivity index (χ3n) is 5.01. The zero-order valence-electron chi connectivity index (χ0n) is 17.6. The summed E-state index contributed by atoms with van der Waals surface area (Å²) in [6, 6.07) is 7.61. The van der Waals surface area contributed by atoms with Gasteiger partial charge in [0.1, 0.15) is 5.82 Å². The Labute approximate surface area is 190 Å². The summed E-state index contributed by atoms with van der Waals surface area (Å²) in [6.07, 6.45) is -4.10. The van der Waals surface area contributed by atoms with Crippen molar-refractivity contribution >= 4 is 40.2 Å². The Hall–Kier alpha value is -3.25. The number of halogens is 4. The van der Waals surface area contributed by atoms with E-state index in [-0.39, 0.29) is 11.9 Å². The Bertz CT molecular complexity index is 1190. The molecular weight excluding hydrogens is 465 g/mol. The van der Waals surface area contributed by atoms with Crippen molar-refractivity contribution in [2.24, 2.45) is 0 Å². The van der Waals surface area contributed by atoms with Crippen LogP contribution in [0.3, 0.4) is 0 Å². The molecule has 2 aromatic heterocycles. The van der Waals surface area contributed by atoms with E-state index in [2.05, 4.69) is 25.9 Å². The number of carboxylic acids is 1. The quantitative estimate of drug-likeness (QED) is 0.520. The van der Waals surface area contributed by atoms with E-state index in [0.29, 0.717) is 16.5 Å². The zero-order chi connectivity index (χ0) is 24.3. The summed E-state index contributed by atoms with van der Waals surface area (Å²) >= 11 is 6.22. The molecule has 176 valence electrons. The fourth-order valence-corrected chi connectivity index (χ4v) is 3.53. The second-order valence-electron chi connectivity index (χ2n) is 7.33. The second-order valence-corrected chi connectivity index (χ2v) is 7.74. The lowest BCUT2D eigenvalue weighted by molar-refractivity contribution is -0.192. The Balaban J connectivity index is 0.000000383. The van der Waals surface area contributed by atoms with Gasteiger partial charge in [0.05, 0.1) is 17.3 Å². The predicted octanol–water partition coefficient (Wildman–Crippen LogP) is 3.52. The highest BCUT2D eigenvalue weighted by atomic mass is 35.5. The van der Waals surface area contributed by atoms with Gasteiger partial charge in [0.2, 0.25) is 0 Å². The summed E-state index contributed by atoms with van der Waals surface area (Å²) in [6.45, 7) is 5.62. The molecule has 1 fully saturated rings. The fraction of sp³-hybridized carbons (Fsp3) is 0.350. The molecule has 1 amide bonds. The number of alkyl halides is 3. The molecule has 3 N–H and O–H groups in total. The number of nitrogens with zero attached hydrogens (tertiary/aromatic N) is 4. The number of hydrogen-bond acceptors (Lipinski definition) is 6. The van der Waals surface area contributed by atoms with E-state index in [0.717, 1.165) is 41.7 Å². The zero-order valence-corrected chi connectivity index (χ0v) is 18.3. The molecule has 1 unspecified atom stereocenters. The van der Waals surface area contributed by atoms with Crippen molar-refractivity contribution in [2.75, 3.05) is 18.4 Å². The normalized spacial score (nSPS) is 15.8. The van der Waals surface area contributed by atoms with Crippen molar-refractivity contribution in [3.05, 3.63) is 46.2 Å². The van der Waals surface area contributed by atoms with Gasteiger partial charge in [-0.3, -0.25) is 4.79 Å². The van der Waals surface area contributed by atoms with Crippen molar-refractivity contribution in [2.45, 2.75) is 32.5 Å². The van der Waals surface area contributed by atoms with Gasteiger partial charge in [-0.2, -0.15) is 13.2 Å². The molecule has 0 radical (unpaired) electrons. The number of aliphatic carboxylic acids is 1. The summed E-state index contributed by atoms with van der Waals surface area (Å²) in [5, 5.41) is 23.0. The molecule has 1 saturated heterocycles. The number of pyridine rings is 1. The molecule has 1 aliphatic heterocycles. The Morgan fingerprint density at radius 1 is 1.24 bits per heavy atom. The van der Waals surface area contributed by atoms with Crippen molar-refractivity contribution in [1.82, 2.24) is 25.3 Å². The summed E-state index contributed by atoms with van der Waals surface area (Å²) in [4.78, 5) is 26.1. The van der Waals surface area contributed by atoms with Gasteiger partial charge >= 0.3 is 12.1 Å². The van der Waals surface area contributed by atoms with E-state index in [1.165, 1.54) is 0 Å². The Morgan fingerprint density at radius 2 is 1.94 bits per heavy atom. The third-order valence-corrected chi connectivity index (χ3v) is 5.34. The number of carbonyl (C=O) groups is 2. The lowest BCUT2D eigenvalue weighted by atomic mass is 10.1. The van der Waals surface area contributed by atoms with E-state index in [9.17, 15) is 18.0 Å². The molecule has 1 atom stereocenters. The first-order valence-electron chi connectivity index (χ1n) is 9.79. The number of hydrogen-bond donors (Lipinski definition) is 3. The van der Waals surface area contributed by atoms with Gasteiger partial charge in [-0.25, -0.2) is 14.5 Å². The van der Waals surface area contributed by atoms with Crippen LogP contribution in [0.4, 0.5) is 19.0 Å². The highest BCUT2D eigenvalue weighted by Gasteiger charge is 2.38. The van der Waals surface area contributed by atoms with Gasteiger partial charge in [-0.05, 0) is 50.6 Å². The van der Waals surface area contributed by atoms with Gasteiger partial charge in [0.25, 0.3) is 5.91 Å². The Morgan fingerprint density at radius 3 is 2.55 bits per heavy atom. The topological polar surface area (TPSA) is 122 Å². The number of anilines is 1. The standard InChI is InChI=1S/C18H19ClN6O.C2HF3O2/c1-10-3-5-14(19)13-4-6-15(21-16(10)13)22-18(26)17-11(2)25(24-23-17)12-7-8-20-9-12;3-2(4,5)1(6)7/h3-6,12,20H,7-9H2,1-2H3,(H,21,22,26);(H,6,7). The molecule has 1 aliphatic rings. The Kier molecular flexibility index (Phi) is 7.18. The van der Waals surface area contributed by atoms with Crippen LogP contribution in [0.15, 0.2) is 24.3 Å². The number of fused-ring (bicyclic) bond motifs is 1. The number of aryl methyl sites for hydroxylation is 1. The van der Waals surface area contributed by atoms with Crippen LogP contribution >= 0.6 is 11.6 Å². The van der Waals surface area contributed by atoms with Gasteiger partial charge in [0, 0.05) is 17.0 Å². The van der Waals surface area contributed by atoms with Gasteiger partial charge in [0.15, 0.2) is 5.69 Å². The molecule has 0 bridgehead atoms. The largest absolute Gasteiger partial charge is 0.490 e. The monoisotopic (exact) mass is 484 g/mol. The molecular formula is C20H20ClF3N6O3. The smallest absolute Gasteiger partial charge is 0.475 e. The van der Waals surface area contributed by atoms with Gasteiger partial charge in [-0.15, -0.1) is 5.10 Å². The summed E-state index contributed by atoms with van der Waals surface area (Å²) in [5.74, 6) is -2.61. The molecule has 3 heterocycles. The van der Waals surface area contributed by atoms with Crippen molar-refractivity contribution in [3.63, 3.8) is 0 Å². The number of amides is 1. The average Bonchev–Trinajstić information content (AvgIpc) is 3.40. The van der Waals surface area contributed by atoms with Crippen LogP contribution < -0.4 is 10.6 Å². The summed E-state index contributed by atoms with van der Waals surface area (Å²) in [5.41, 5.74) is 2.85. The van der Waals surface area contributed by atoms with E-state index in [4.69, 9.17) is 21.5 Å². The van der Waals surface area contributed by atoms with Crippen molar-refractivity contribution in [1.29, 1.82) is 0 Å². The molecule has 1 aromatic carbocycles. The van der Waals surface area contributed by atoms with Crippen LogP contribution in [-0.4, -0.2) is 56.2 Å². The first-order chi connectivity index (χ1) is 15.5. The van der Waals surface area contributed by atoms with Crippen LogP contribution in [0.25, 0.3) is 10.9 Å². The van der Waals surface area contributed by atoms with Gasteiger partial charge < -0.3 is 15.7 Å². The molecule has 33 heavy (non-hydrogen) atoms. The van der Waals surface area contributed by atoms with Crippen LogP contribution in [0.2, 0.25) is 5.02 Å². The molecule has 0 spiro atoms. The minimum absolute atomic E-state index is 0.243. The van der Waals surface area contributed by atoms with E-state index in [1.807, 2.05) is 36.7 Å². The van der Waals surface area contributed by atoms with Gasteiger partial charge in [-0.1, -0.05) is 22.9 Å². The second kappa shape index (κ2) is 9.71. The molecule has 13 heteroatoms. The molecule has 0 aliphatic carbocycles. The highest BCUT2D eigenvalue weighted by molar-refractivity contribution is 6.35. The van der Waals surface area contributed by atoms with E-state index in [1.54, 1.807) is 6.07 Å². The molecule has 0 saturated carbocycles. The van der Waals surface area contributed by atoms with Crippen LogP contribution in [0.5, 0.6) is 0 Å². The number of aromatic nitrogens is 4. The SMILES string of the molecule is Cc1ccc(Cl)c2ccc(NC(=O)c3nnn(C4CCNC4)c3C)nc12.O=C(O)C(F)(F)F. The summed E-state index contributed by atoms with van der Waals surface area (Å²) in [7, 11) is 0. The maximum Gasteiger partial charge on any atom is 0.490 e. The molecule has 9 nitrogen and oxygen atoms in total. The van der Waals surface area contributed by atoms with E-state index < -0.39 is 12.1 Å². The number of carboxylic acid groups (broad SMARTS) is 1. The number of carbonyl (C=O) groups excluding carboxylic acids is 1. The molecule has 4 rings (SSSR count).